The minimum absolute atomic E-state index is 0.0703. The third kappa shape index (κ3) is 51.0. The lowest BCUT2D eigenvalue weighted by atomic mass is 10.0. The van der Waals surface area contributed by atoms with Crippen LogP contribution in [0, 0.1) is 0 Å². The van der Waals surface area contributed by atoms with Gasteiger partial charge in [-0.1, -0.05) is 264 Å². The van der Waals surface area contributed by atoms with Crippen molar-refractivity contribution in [3.05, 3.63) is 12.2 Å². The molecule has 0 heterocycles. The second-order valence-corrected chi connectivity index (χ2v) is 19.2. The summed E-state index contributed by atoms with van der Waals surface area (Å²) in [4.78, 5) is 38.0. The Hall–Kier alpha value is -1.85. The fraction of sp³-hybridized carbons (Fsp3) is 0.912. The zero-order valence-electron chi connectivity index (χ0n) is 42.6. The van der Waals surface area contributed by atoms with E-state index in [1.807, 2.05) is 0 Å². The molecule has 0 rings (SSSR count). The van der Waals surface area contributed by atoms with Crippen LogP contribution in [0.4, 0.5) is 0 Å². The lowest BCUT2D eigenvalue weighted by molar-refractivity contribution is -0.167. The third-order valence-corrected chi connectivity index (χ3v) is 12.8. The van der Waals surface area contributed by atoms with Crippen molar-refractivity contribution in [3.8, 4) is 0 Å². The molecule has 0 saturated heterocycles. The number of unbranched alkanes of at least 4 members (excludes halogenated alkanes) is 39. The van der Waals surface area contributed by atoms with Crippen LogP contribution in [0.3, 0.4) is 0 Å². The lowest BCUT2D eigenvalue weighted by Gasteiger charge is -2.18. The lowest BCUT2D eigenvalue weighted by Crippen LogP contribution is -2.30. The molecule has 0 spiro atoms. The van der Waals surface area contributed by atoms with E-state index in [1.165, 1.54) is 205 Å². The fourth-order valence-corrected chi connectivity index (χ4v) is 8.50. The van der Waals surface area contributed by atoms with Gasteiger partial charge in [-0.3, -0.25) is 14.4 Å². The molecule has 0 fully saturated rings. The van der Waals surface area contributed by atoms with Crippen LogP contribution in [0.1, 0.15) is 316 Å². The monoisotopic (exact) mass is 889 g/mol. The van der Waals surface area contributed by atoms with Gasteiger partial charge in [-0.2, -0.15) is 0 Å². The Bertz CT molecular complexity index is 978. The zero-order chi connectivity index (χ0) is 45.8. The van der Waals surface area contributed by atoms with Crippen LogP contribution in [0.5, 0.6) is 0 Å². The van der Waals surface area contributed by atoms with E-state index in [9.17, 15) is 14.4 Å². The maximum absolute atomic E-state index is 12.8. The summed E-state index contributed by atoms with van der Waals surface area (Å²) in [6.45, 7) is 6.67. The summed E-state index contributed by atoms with van der Waals surface area (Å²) in [7, 11) is 0. The van der Waals surface area contributed by atoms with E-state index in [-0.39, 0.29) is 31.1 Å². The Kier molecular flexibility index (Phi) is 51.2. The molecule has 0 amide bonds. The highest BCUT2D eigenvalue weighted by Crippen LogP contribution is 2.17. The van der Waals surface area contributed by atoms with Crippen LogP contribution in [0.2, 0.25) is 0 Å². The molecule has 0 aliphatic carbocycles. The molecule has 1 atom stereocenters. The maximum Gasteiger partial charge on any atom is 0.306 e. The van der Waals surface area contributed by atoms with E-state index >= 15 is 0 Å². The van der Waals surface area contributed by atoms with Gasteiger partial charge in [0.15, 0.2) is 6.10 Å². The van der Waals surface area contributed by atoms with E-state index < -0.39 is 6.10 Å². The van der Waals surface area contributed by atoms with Gasteiger partial charge >= 0.3 is 17.9 Å². The van der Waals surface area contributed by atoms with Gasteiger partial charge in [0.25, 0.3) is 0 Å². The van der Waals surface area contributed by atoms with Crippen molar-refractivity contribution < 1.29 is 28.6 Å². The highest BCUT2D eigenvalue weighted by molar-refractivity contribution is 5.71. The molecule has 0 aliphatic heterocycles. The highest BCUT2D eigenvalue weighted by atomic mass is 16.6. The Morgan fingerprint density at radius 3 is 0.810 bits per heavy atom. The van der Waals surface area contributed by atoms with Crippen molar-refractivity contribution in [1.82, 2.24) is 0 Å². The fourth-order valence-electron chi connectivity index (χ4n) is 8.50. The first-order valence-electron chi connectivity index (χ1n) is 28.2. The molecule has 0 aromatic carbocycles. The van der Waals surface area contributed by atoms with Crippen molar-refractivity contribution in [3.63, 3.8) is 0 Å². The van der Waals surface area contributed by atoms with Gasteiger partial charge in [0, 0.05) is 19.3 Å². The van der Waals surface area contributed by atoms with Crippen LogP contribution in [-0.4, -0.2) is 37.2 Å². The van der Waals surface area contributed by atoms with Crippen LogP contribution < -0.4 is 0 Å². The topological polar surface area (TPSA) is 78.9 Å². The van der Waals surface area contributed by atoms with E-state index in [0.29, 0.717) is 19.3 Å². The number of carbonyl (C=O) groups excluding carboxylic acids is 3. The molecular weight excluding hydrogens is 781 g/mol. The number of carbonyl (C=O) groups is 3. The summed E-state index contributed by atoms with van der Waals surface area (Å²) in [5, 5.41) is 0. The molecule has 1 unspecified atom stereocenters. The minimum Gasteiger partial charge on any atom is -0.462 e. The number of rotatable bonds is 52. The quantitative estimate of drug-likeness (QED) is 0.0262. The summed E-state index contributed by atoms with van der Waals surface area (Å²) in [6, 6.07) is 0. The van der Waals surface area contributed by atoms with Crippen LogP contribution >= 0.6 is 0 Å². The second-order valence-electron chi connectivity index (χ2n) is 19.2. The predicted octanol–water partition coefficient (Wildman–Crippen LogP) is 18.5. The molecular formula is C57H108O6. The predicted molar refractivity (Wildman–Crippen MR) is 270 cm³/mol. The molecule has 63 heavy (non-hydrogen) atoms. The molecule has 0 N–H and O–H groups in total. The van der Waals surface area contributed by atoms with Crippen molar-refractivity contribution in [2.24, 2.45) is 0 Å². The smallest absolute Gasteiger partial charge is 0.306 e. The van der Waals surface area contributed by atoms with E-state index in [2.05, 4.69) is 32.9 Å². The first-order valence-corrected chi connectivity index (χ1v) is 28.2. The molecule has 0 radical (unpaired) electrons. The SMILES string of the molecule is CCCCCCCCC/C=C\CCCCCC(=O)OC(COC(=O)CCCCCCCCCCCCCCC)COC(=O)CCCCCCCCCCCCCCCCCCCC. The summed E-state index contributed by atoms with van der Waals surface area (Å²) in [6.07, 6.45) is 59.1. The molecule has 6 nitrogen and oxygen atoms in total. The zero-order valence-corrected chi connectivity index (χ0v) is 42.6. The average Bonchev–Trinajstić information content (AvgIpc) is 3.28. The van der Waals surface area contributed by atoms with Crippen molar-refractivity contribution in [2.45, 2.75) is 322 Å². The molecule has 372 valence electrons. The van der Waals surface area contributed by atoms with Gasteiger partial charge in [-0.05, 0) is 44.9 Å². The molecule has 0 bridgehead atoms. The average molecular weight is 889 g/mol. The maximum atomic E-state index is 12.8. The minimum atomic E-state index is -0.771. The van der Waals surface area contributed by atoms with Gasteiger partial charge in [-0.25, -0.2) is 0 Å². The van der Waals surface area contributed by atoms with Gasteiger partial charge in [0.2, 0.25) is 0 Å². The van der Waals surface area contributed by atoms with E-state index in [1.54, 1.807) is 0 Å². The Balaban J connectivity index is 4.30. The number of esters is 3. The number of hydrogen-bond acceptors (Lipinski definition) is 6. The Labute approximate surface area is 392 Å². The molecule has 0 saturated carbocycles. The number of ether oxygens (including phenoxy) is 3. The molecule has 6 heteroatoms. The van der Waals surface area contributed by atoms with Crippen molar-refractivity contribution in [2.75, 3.05) is 13.2 Å². The van der Waals surface area contributed by atoms with Gasteiger partial charge in [-0.15, -0.1) is 0 Å². The van der Waals surface area contributed by atoms with E-state index in [4.69, 9.17) is 14.2 Å². The molecule has 0 aliphatic rings. The van der Waals surface area contributed by atoms with Crippen molar-refractivity contribution in [1.29, 1.82) is 0 Å². The summed E-state index contributed by atoms with van der Waals surface area (Å²) >= 11 is 0. The Morgan fingerprint density at radius 2 is 0.524 bits per heavy atom. The number of hydrogen-bond donors (Lipinski definition) is 0. The van der Waals surface area contributed by atoms with Gasteiger partial charge in [0.1, 0.15) is 13.2 Å². The molecule has 0 aromatic rings. The first kappa shape index (κ1) is 61.1. The highest BCUT2D eigenvalue weighted by Gasteiger charge is 2.19. The third-order valence-electron chi connectivity index (χ3n) is 12.8. The Morgan fingerprint density at radius 1 is 0.302 bits per heavy atom. The molecule has 0 aromatic heterocycles. The van der Waals surface area contributed by atoms with Gasteiger partial charge < -0.3 is 14.2 Å². The van der Waals surface area contributed by atoms with Crippen molar-refractivity contribution >= 4 is 17.9 Å². The van der Waals surface area contributed by atoms with Crippen LogP contribution in [-0.2, 0) is 28.6 Å². The van der Waals surface area contributed by atoms with Crippen LogP contribution in [0.15, 0.2) is 12.2 Å². The first-order chi connectivity index (χ1) is 31.0. The summed E-state index contributed by atoms with van der Waals surface area (Å²) in [5.74, 6) is -0.864. The van der Waals surface area contributed by atoms with E-state index in [0.717, 1.165) is 70.6 Å². The largest absolute Gasteiger partial charge is 0.462 e. The standard InChI is InChI=1S/C57H108O6/c1-4-7-10-13-16-19-22-25-27-28-29-30-33-35-38-41-44-47-50-56(59)62-53-54(52-61-55(58)49-46-43-40-37-34-31-24-21-18-15-12-9-6-3)63-57(60)51-48-45-42-39-36-32-26-23-20-17-14-11-8-5-2/h32,36,54H,4-31,33-35,37-53H2,1-3H3/b36-32-. The normalized spacial score (nSPS) is 12.0. The summed E-state index contributed by atoms with van der Waals surface area (Å²) < 4.78 is 16.8. The van der Waals surface area contributed by atoms with Gasteiger partial charge in [0.05, 0.1) is 0 Å². The number of allylic oxidation sites excluding steroid dienone is 2. The second kappa shape index (κ2) is 52.8. The summed E-state index contributed by atoms with van der Waals surface area (Å²) in [5.41, 5.74) is 0. The van der Waals surface area contributed by atoms with Crippen LogP contribution in [0.25, 0.3) is 0 Å².